The predicted octanol–water partition coefficient (Wildman–Crippen LogP) is 0.454. The van der Waals surface area contributed by atoms with E-state index >= 15 is 0 Å². The zero-order chi connectivity index (χ0) is 26.0. The average molecular weight is 550 g/mol. The number of hydrogen-bond donors (Lipinski definition) is 6. The number of primary amides is 1. The number of nitrogens with zero attached hydrogens (tertiary/aromatic N) is 1. The standard InChI is InChI=1S/C23H24BrN3O8/c1-27(2)16-10-6-9-5-8-3-4-11(26-12(28)7-24)17(29)13(8)18(30)14(9)20(32)23(10,35)21(33)15(19(16)31)22(25)34/h3-4,9-10,16,29,31-32,35H,5-7H2,1-2H3,(H2,25,34)(H,26,28)/t9?,10?,16-,23-/m0/s1. The lowest BCUT2D eigenvalue weighted by Gasteiger charge is -2.50. The summed E-state index contributed by atoms with van der Waals surface area (Å²) in [4.78, 5) is 52.0. The molecule has 1 aromatic carbocycles. The van der Waals surface area contributed by atoms with Gasteiger partial charge in [0, 0.05) is 11.5 Å². The summed E-state index contributed by atoms with van der Waals surface area (Å²) >= 11 is 3.00. The van der Waals surface area contributed by atoms with Crippen LogP contribution >= 0.6 is 15.9 Å². The fraction of sp³-hybridized carbons (Fsp3) is 0.391. The molecular weight excluding hydrogens is 526 g/mol. The number of fused-ring (bicyclic) bond motifs is 3. The summed E-state index contributed by atoms with van der Waals surface area (Å²) in [7, 11) is 3.13. The van der Waals surface area contributed by atoms with Gasteiger partial charge < -0.3 is 31.5 Å². The molecule has 0 bridgehead atoms. The van der Waals surface area contributed by atoms with E-state index in [2.05, 4.69) is 21.2 Å². The van der Waals surface area contributed by atoms with Gasteiger partial charge in [0.2, 0.25) is 11.7 Å². The number of phenolic OH excluding ortho intramolecular Hbond substituents is 1. The van der Waals surface area contributed by atoms with E-state index in [9.17, 15) is 39.6 Å². The number of benzene rings is 1. The summed E-state index contributed by atoms with van der Waals surface area (Å²) in [6.45, 7) is 0. The largest absolute Gasteiger partial charge is 0.510 e. The zero-order valence-corrected chi connectivity index (χ0v) is 20.4. The predicted molar refractivity (Wildman–Crippen MR) is 126 cm³/mol. The number of hydrogen-bond acceptors (Lipinski definition) is 9. The van der Waals surface area contributed by atoms with Crippen molar-refractivity contribution >= 4 is 45.0 Å². The highest BCUT2D eigenvalue weighted by Crippen LogP contribution is 2.52. The SMILES string of the molecule is CN(C)[C@@H]1C(O)=C(C(N)=O)C(=O)[C@@]2(O)C(O)=C3C(=O)c4c(ccc(NC(=O)CBr)c4O)CC3CC12. The first kappa shape index (κ1) is 24.9. The monoisotopic (exact) mass is 549 g/mol. The van der Waals surface area contributed by atoms with Crippen molar-refractivity contribution in [3.8, 4) is 5.75 Å². The van der Waals surface area contributed by atoms with Gasteiger partial charge in [0.15, 0.2) is 17.1 Å². The average Bonchev–Trinajstić information content (AvgIpc) is 2.77. The molecule has 4 rings (SSSR count). The molecule has 0 radical (unpaired) electrons. The molecule has 0 aliphatic heterocycles. The van der Waals surface area contributed by atoms with Gasteiger partial charge in [-0.05, 0) is 44.5 Å². The lowest BCUT2D eigenvalue weighted by molar-refractivity contribution is -0.148. The van der Waals surface area contributed by atoms with Crippen LogP contribution in [0.25, 0.3) is 0 Å². The fourth-order valence-corrected chi connectivity index (χ4v) is 5.65. The Labute approximate surface area is 208 Å². The first-order valence-electron chi connectivity index (χ1n) is 10.7. The Morgan fingerprint density at radius 3 is 2.46 bits per heavy atom. The maximum absolute atomic E-state index is 13.5. The minimum absolute atomic E-state index is 0.00853. The maximum atomic E-state index is 13.5. The Bertz CT molecular complexity index is 1250. The number of phenols is 1. The van der Waals surface area contributed by atoms with Crippen LogP contribution in [-0.2, 0) is 20.8 Å². The smallest absolute Gasteiger partial charge is 0.255 e. The number of nitrogens with two attached hydrogens (primary N) is 1. The van der Waals surface area contributed by atoms with Crippen LogP contribution in [0, 0.1) is 11.8 Å². The highest BCUT2D eigenvalue weighted by molar-refractivity contribution is 9.09. The minimum atomic E-state index is -2.69. The molecule has 0 heterocycles. The van der Waals surface area contributed by atoms with Gasteiger partial charge in [-0.2, -0.15) is 0 Å². The molecule has 4 atom stereocenters. The normalized spacial score (nSPS) is 28.0. The number of carbonyl (C=O) groups excluding carboxylic acids is 4. The number of Topliss-reactive ketones (excluding diaryl/α,β-unsaturated/α-hetero) is 2. The van der Waals surface area contributed by atoms with Crippen molar-refractivity contribution in [3.63, 3.8) is 0 Å². The summed E-state index contributed by atoms with van der Waals surface area (Å²) in [5, 5.41) is 46.6. The van der Waals surface area contributed by atoms with Crippen molar-refractivity contribution in [3.05, 3.63) is 45.9 Å². The second kappa shape index (κ2) is 8.47. The van der Waals surface area contributed by atoms with Gasteiger partial charge in [0.1, 0.15) is 17.1 Å². The van der Waals surface area contributed by atoms with Crippen molar-refractivity contribution in [1.82, 2.24) is 4.90 Å². The number of carbonyl (C=O) groups is 4. The zero-order valence-electron chi connectivity index (χ0n) is 18.8. The molecule has 0 aromatic heterocycles. The van der Waals surface area contributed by atoms with Gasteiger partial charge in [-0.25, -0.2) is 0 Å². The Morgan fingerprint density at radius 1 is 1.23 bits per heavy atom. The van der Waals surface area contributed by atoms with Crippen LogP contribution in [0.1, 0.15) is 22.3 Å². The number of halogens is 1. The molecule has 12 heteroatoms. The molecule has 186 valence electrons. The number of likely N-dealkylation sites (N-methyl/N-ethyl adjacent to an activating group) is 1. The van der Waals surface area contributed by atoms with Gasteiger partial charge >= 0.3 is 0 Å². The van der Waals surface area contributed by atoms with Crippen LogP contribution in [0.5, 0.6) is 5.75 Å². The number of amides is 2. The van der Waals surface area contributed by atoms with Gasteiger partial charge in [-0.1, -0.05) is 22.0 Å². The Hall–Kier alpha value is -3.22. The molecule has 7 N–H and O–H groups in total. The molecule has 1 aromatic rings. The third-order valence-corrected chi connectivity index (χ3v) is 7.50. The lowest BCUT2D eigenvalue weighted by Crippen LogP contribution is -2.63. The number of allylic oxidation sites excluding steroid dienone is 1. The van der Waals surface area contributed by atoms with Crippen LogP contribution in [0.15, 0.2) is 34.8 Å². The van der Waals surface area contributed by atoms with E-state index in [-0.39, 0.29) is 35.0 Å². The van der Waals surface area contributed by atoms with Crippen molar-refractivity contribution < 1.29 is 39.6 Å². The first-order chi connectivity index (χ1) is 16.4. The second-order valence-electron chi connectivity index (χ2n) is 9.14. The number of alkyl halides is 1. The quantitative estimate of drug-likeness (QED) is 0.176. The molecule has 35 heavy (non-hydrogen) atoms. The van der Waals surface area contributed by atoms with E-state index in [4.69, 9.17) is 5.73 Å². The first-order valence-corrected chi connectivity index (χ1v) is 11.8. The molecular formula is C23H24BrN3O8. The summed E-state index contributed by atoms with van der Waals surface area (Å²) in [5.41, 5.74) is 1.76. The van der Waals surface area contributed by atoms with Crippen LogP contribution in [0.3, 0.4) is 0 Å². The number of aliphatic hydroxyl groups is 3. The Balaban J connectivity index is 1.90. The van der Waals surface area contributed by atoms with Gasteiger partial charge in [-0.15, -0.1) is 0 Å². The van der Waals surface area contributed by atoms with E-state index in [1.807, 2.05) is 0 Å². The number of rotatable bonds is 4. The molecule has 3 aliphatic rings. The number of ketones is 2. The molecule has 2 unspecified atom stereocenters. The summed E-state index contributed by atoms with van der Waals surface area (Å²) in [5.74, 6) is -7.66. The van der Waals surface area contributed by atoms with Crippen LogP contribution in [0.4, 0.5) is 5.69 Å². The number of aromatic hydroxyl groups is 1. The van der Waals surface area contributed by atoms with Crippen molar-refractivity contribution in [2.75, 3.05) is 24.7 Å². The molecule has 0 saturated heterocycles. The van der Waals surface area contributed by atoms with Gasteiger partial charge in [-0.3, -0.25) is 24.1 Å². The molecule has 0 saturated carbocycles. The van der Waals surface area contributed by atoms with E-state index in [0.717, 1.165) is 0 Å². The minimum Gasteiger partial charge on any atom is -0.510 e. The molecule has 11 nitrogen and oxygen atoms in total. The number of anilines is 1. The third kappa shape index (κ3) is 3.46. The van der Waals surface area contributed by atoms with E-state index in [1.54, 1.807) is 20.2 Å². The van der Waals surface area contributed by atoms with Crippen molar-refractivity contribution in [1.29, 1.82) is 0 Å². The van der Waals surface area contributed by atoms with Crippen LogP contribution < -0.4 is 11.1 Å². The third-order valence-electron chi connectivity index (χ3n) is 6.99. The highest BCUT2D eigenvalue weighted by atomic mass is 79.9. The van der Waals surface area contributed by atoms with E-state index < -0.39 is 69.7 Å². The fourth-order valence-electron chi connectivity index (χ4n) is 5.51. The highest BCUT2D eigenvalue weighted by Gasteiger charge is 2.63. The topological polar surface area (TPSA) is 190 Å². The van der Waals surface area contributed by atoms with Gasteiger partial charge in [0.05, 0.1) is 22.6 Å². The van der Waals surface area contributed by atoms with E-state index in [0.29, 0.717) is 5.56 Å². The van der Waals surface area contributed by atoms with Gasteiger partial charge in [0.25, 0.3) is 5.91 Å². The molecule has 3 aliphatic carbocycles. The summed E-state index contributed by atoms with van der Waals surface area (Å²) in [6, 6.07) is 1.98. The van der Waals surface area contributed by atoms with Crippen LogP contribution in [0.2, 0.25) is 0 Å². The Morgan fingerprint density at radius 2 is 1.89 bits per heavy atom. The molecule has 0 fully saturated rings. The van der Waals surface area contributed by atoms with E-state index in [1.165, 1.54) is 11.0 Å². The summed E-state index contributed by atoms with van der Waals surface area (Å²) in [6.07, 6.45) is 0.184. The summed E-state index contributed by atoms with van der Waals surface area (Å²) < 4.78 is 0. The van der Waals surface area contributed by atoms with Crippen molar-refractivity contribution in [2.24, 2.45) is 17.6 Å². The molecule has 0 spiro atoms. The Kier molecular flexibility index (Phi) is 6.02. The lowest BCUT2D eigenvalue weighted by atomic mass is 9.58. The second-order valence-corrected chi connectivity index (χ2v) is 9.70. The maximum Gasteiger partial charge on any atom is 0.255 e. The van der Waals surface area contributed by atoms with Crippen molar-refractivity contribution in [2.45, 2.75) is 24.5 Å². The van der Waals surface area contributed by atoms with Crippen LogP contribution in [-0.4, -0.2) is 79.8 Å². The molecule has 2 amide bonds. The number of aliphatic hydroxyl groups excluding tert-OH is 2. The number of nitrogens with one attached hydrogen (secondary N) is 1.